The van der Waals surface area contributed by atoms with Crippen LogP contribution < -0.4 is 21.3 Å². The van der Waals surface area contributed by atoms with Crippen molar-refractivity contribution in [3.05, 3.63) is 64.1 Å². The Balaban J connectivity index is 1.71. The molecule has 1 aromatic heterocycles. The third-order valence-corrected chi connectivity index (χ3v) is 5.85. The van der Waals surface area contributed by atoms with Crippen LogP contribution in [0.2, 0.25) is 0 Å². The molecule has 3 heterocycles. The molecule has 2 aliphatic rings. The van der Waals surface area contributed by atoms with Crippen molar-refractivity contribution in [2.45, 2.75) is 31.7 Å². The number of aromatic nitrogens is 1. The van der Waals surface area contributed by atoms with Gasteiger partial charge in [-0.3, -0.25) is 0 Å². The summed E-state index contributed by atoms with van der Waals surface area (Å²) in [5, 5.41) is 0.698. The Morgan fingerprint density at radius 2 is 1.76 bits per heavy atom. The lowest BCUT2D eigenvalue weighted by Crippen LogP contribution is -2.51. The Hall–Kier alpha value is -2.56. The number of hydrogen-bond acceptors (Lipinski definition) is 7. The van der Waals surface area contributed by atoms with Gasteiger partial charge in [-0.05, 0) is 37.1 Å². The van der Waals surface area contributed by atoms with Crippen molar-refractivity contribution in [3.63, 3.8) is 0 Å². The number of anilines is 2. The van der Waals surface area contributed by atoms with Gasteiger partial charge in [0.25, 0.3) is 0 Å². The number of nitrogens with zero attached hydrogens (tertiary/aromatic N) is 4. The monoisotopic (exact) mass is 420 g/mol. The van der Waals surface area contributed by atoms with Crippen LogP contribution in [-0.2, 0) is 6.18 Å². The third kappa shape index (κ3) is 3.37. The molecule has 2 aliphatic heterocycles. The minimum Gasteiger partial charge on any atom is -0.314 e. The molecule has 6 nitrogen and oxygen atoms in total. The molecule has 10 heteroatoms. The molecule has 4 N–H and O–H groups in total. The molecule has 0 amide bonds. The van der Waals surface area contributed by atoms with Gasteiger partial charge in [-0.2, -0.15) is 13.2 Å². The number of rotatable bonds is 2. The highest BCUT2D eigenvalue weighted by atomic mass is 32.2. The molecule has 4 rings (SSSR count). The SMILES string of the molecule is Cc1cccc(C)c1N1C2=C(N=CN(c3ccc(C(F)(F)F)nc3)C2N)SC1N. The van der Waals surface area contributed by atoms with E-state index in [9.17, 15) is 13.2 Å². The Morgan fingerprint density at radius 1 is 1.07 bits per heavy atom. The van der Waals surface area contributed by atoms with E-state index in [4.69, 9.17) is 11.5 Å². The molecular formula is C19H19F3N6S. The maximum absolute atomic E-state index is 12.8. The summed E-state index contributed by atoms with van der Waals surface area (Å²) in [4.78, 5) is 11.5. The Bertz CT molecular complexity index is 982. The van der Waals surface area contributed by atoms with Crippen LogP contribution in [0.3, 0.4) is 0 Å². The minimum atomic E-state index is -4.50. The predicted molar refractivity (Wildman–Crippen MR) is 109 cm³/mol. The lowest BCUT2D eigenvalue weighted by Gasteiger charge is -2.36. The number of nitrogens with two attached hydrogens (primary N) is 2. The van der Waals surface area contributed by atoms with Crippen molar-refractivity contribution in [2.24, 2.45) is 16.5 Å². The molecule has 0 bridgehead atoms. The Kier molecular flexibility index (Phi) is 4.80. The van der Waals surface area contributed by atoms with E-state index in [1.807, 2.05) is 36.9 Å². The van der Waals surface area contributed by atoms with Crippen LogP contribution >= 0.6 is 11.8 Å². The Morgan fingerprint density at radius 3 is 2.34 bits per heavy atom. The summed E-state index contributed by atoms with van der Waals surface area (Å²) in [6.45, 7) is 3.99. The second kappa shape index (κ2) is 7.05. The number of alkyl halides is 3. The molecule has 0 spiro atoms. The van der Waals surface area contributed by atoms with Crippen molar-refractivity contribution in [2.75, 3.05) is 9.80 Å². The van der Waals surface area contributed by atoms with Crippen LogP contribution in [0.5, 0.6) is 0 Å². The van der Waals surface area contributed by atoms with Gasteiger partial charge in [0, 0.05) is 5.69 Å². The van der Waals surface area contributed by atoms with Crippen molar-refractivity contribution < 1.29 is 13.2 Å². The fourth-order valence-corrected chi connectivity index (χ4v) is 4.52. The van der Waals surface area contributed by atoms with E-state index in [0.29, 0.717) is 16.4 Å². The summed E-state index contributed by atoms with van der Waals surface area (Å²) in [7, 11) is 0. The summed E-state index contributed by atoms with van der Waals surface area (Å²) in [6, 6.07) is 8.22. The number of benzene rings is 1. The molecule has 2 aromatic rings. The van der Waals surface area contributed by atoms with Crippen molar-refractivity contribution in [1.29, 1.82) is 0 Å². The van der Waals surface area contributed by atoms with Crippen molar-refractivity contribution >= 4 is 29.5 Å². The zero-order valence-corrected chi connectivity index (χ0v) is 16.5. The highest BCUT2D eigenvalue weighted by Crippen LogP contribution is 2.45. The molecule has 2 unspecified atom stereocenters. The van der Waals surface area contributed by atoms with E-state index in [1.165, 1.54) is 24.2 Å². The van der Waals surface area contributed by atoms with Gasteiger partial charge < -0.3 is 21.3 Å². The Labute approximate surface area is 170 Å². The van der Waals surface area contributed by atoms with Gasteiger partial charge >= 0.3 is 6.18 Å². The van der Waals surface area contributed by atoms with Gasteiger partial charge in [-0.15, -0.1) is 0 Å². The van der Waals surface area contributed by atoms with E-state index >= 15 is 0 Å². The summed E-state index contributed by atoms with van der Waals surface area (Å²) in [5.41, 5.74) is 15.7. The zero-order chi connectivity index (χ0) is 20.9. The van der Waals surface area contributed by atoms with Gasteiger partial charge in [0.2, 0.25) is 0 Å². The van der Waals surface area contributed by atoms with Crippen LogP contribution in [0.1, 0.15) is 16.8 Å². The maximum atomic E-state index is 12.8. The molecule has 0 radical (unpaired) electrons. The van der Waals surface area contributed by atoms with Gasteiger partial charge in [0.15, 0.2) is 0 Å². The number of thioether (sulfide) groups is 1. The van der Waals surface area contributed by atoms with Crippen LogP contribution in [0.25, 0.3) is 0 Å². The highest BCUT2D eigenvalue weighted by molar-refractivity contribution is 8.04. The van der Waals surface area contributed by atoms with Crippen LogP contribution in [0.15, 0.2) is 52.2 Å². The first-order chi connectivity index (χ1) is 13.7. The van der Waals surface area contributed by atoms with E-state index in [1.54, 1.807) is 4.90 Å². The first-order valence-corrected chi connectivity index (χ1v) is 9.69. The lowest BCUT2D eigenvalue weighted by molar-refractivity contribution is -0.141. The largest absolute Gasteiger partial charge is 0.433 e. The number of hydrogen-bond donors (Lipinski definition) is 2. The number of aliphatic imine (C=N–C) groups is 1. The topological polar surface area (TPSA) is 83.8 Å². The number of aryl methyl sites for hydroxylation is 2. The summed E-state index contributed by atoms with van der Waals surface area (Å²) in [5.74, 6) is 0. The average Bonchev–Trinajstić information content (AvgIpc) is 2.98. The van der Waals surface area contributed by atoms with E-state index < -0.39 is 23.5 Å². The molecule has 0 saturated heterocycles. The predicted octanol–water partition coefficient (Wildman–Crippen LogP) is 3.52. The molecule has 0 fully saturated rings. The standard InChI is InChI=1S/C19H19F3N6S/c1-10-4-3-5-11(2)14(10)28-15-16(23)27(9-26-17(15)29-18(28)24)12-6-7-13(25-8-12)19(20,21)22/h3-9,16,18H,23-24H2,1-2H3. The number of pyridine rings is 1. The first-order valence-electron chi connectivity index (χ1n) is 8.81. The average molecular weight is 420 g/mol. The smallest absolute Gasteiger partial charge is 0.314 e. The highest BCUT2D eigenvalue weighted by Gasteiger charge is 2.40. The molecule has 0 aliphatic carbocycles. The fraction of sp³-hybridized carbons (Fsp3) is 0.263. The minimum absolute atomic E-state index is 0.409. The molecule has 152 valence electrons. The summed E-state index contributed by atoms with van der Waals surface area (Å²) < 4.78 is 38.4. The molecule has 29 heavy (non-hydrogen) atoms. The van der Waals surface area contributed by atoms with Crippen LogP contribution in [-0.4, -0.2) is 23.0 Å². The van der Waals surface area contributed by atoms with E-state index in [0.717, 1.165) is 29.1 Å². The molecule has 1 aromatic carbocycles. The summed E-state index contributed by atoms with van der Waals surface area (Å²) >= 11 is 1.39. The van der Waals surface area contributed by atoms with E-state index in [-0.39, 0.29) is 0 Å². The van der Waals surface area contributed by atoms with Crippen LogP contribution in [0.4, 0.5) is 24.5 Å². The molecule has 0 saturated carbocycles. The van der Waals surface area contributed by atoms with Crippen molar-refractivity contribution in [1.82, 2.24) is 4.98 Å². The molecular weight excluding hydrogens is 401 g/mol. The summed E-state index contributed by atoms with van der Waals surface area (Å²) in [6.07, 6.45) is -2.53. The lowest BCUT2D eigenvalue weighted by atomic mass is 10.1. The van der Waals surface area contributed by atoms with Gasteiger partial charge in [-0.25, -0.2) is 9.98 Å². The third-order valence-electron chi connectivity index (χ3n) is 4.86. The molecule has 2 atom stereocenters. The second-order valence-corrected chi connectivity index (χ2v) is 7.91. The number of halogens is 3. The first kappa shape index (κ1) is 19.7. The maximum Gasteiger partial charge on any atom is 0.433 e. The van der Waals surface area contributed by atoms with Gasteiger partial charge in [-0.1, -0.05) is 30.0 Å². The fourth-order valence-electron chi connectivity index (χ4n) is 3.52. The zero-order valence-electron chi connectivity index (χ0n) is 15.7. The van der Waals surface area contributed by atoms with Crippen LogP contribution in [0, 0.1) is 13.8 Å². The quantitative estimate of drug-likeness (QED) is 0.774. The van der Waals surface area contributed by atoms with Crippen molar-refractivity contribution in [3.8, 4) is 0 Å². The van der Waals surface area contributed by atoms with Gasteiger partial charge in [0.1, 0.15) is 22.4 Å². The van der Waals surface area contributed by atoms with Gasteiger partial charge in [0.05, 0.1) is 23.9 Å². The van der Waals surface area contributed by atoms with E-state index in [2.05, 4.69) is 9.98 Å². The number of para-hydroxylation sites is 1. The normalized spacial score (nSPS) is 21.8. The second-order valence-electron chi connectivity index (χ2n) is 6.81.